The van der Waals surface area contributed by atoms with E-state index in [2.05, 4.69) is 15.2 Å². The highest BCUT2D eigenvalue weighted by atomic mass is 32.2. The number of hydrogen-bond donors (Lipinski definition) is 0. The SMILES string of the molecule is CCN(CC)S(=O)(=O)c1ccc(SCc2nnc(Cc3ccccc3)o2)nc1. The van der Waals surface area contributed by atoms with Gasteiger partial charge in [-0.3, -0.25) is 0 Å². The van der Waals surface area contributed by atoms with Gasteiger partial charge in [0.05, 0.1) is 17.2 Å². The molecule has 9 heteroatoms. The number of pyridine rings is 1. The number of sulfonamides is 1. The van der Waals surface area contributed by atoms with Gasteiger partial charge in [0.2, 0.25) is 21.8 Å². The summed E-state index contributed by atoms with van der Waals surface area (Å²) in [5.74, 6) is 1.55. The molecule has 0 saturated carbocycles. The summed E-state index contributed by atoms with van der Waals surface area (Å²) in [4.78, 5) is 4.45. The van der Waals surface area contributed by atoms with Crippen LogP contribution in [-0.2, 0) is 22.2 Å². The number of rotatable bonds is 9. The van der Waals surface area contributed by atoms with Crippen LogP contribution in [0.1, 0.15) is 31.2 Å². The molecule has 0 atom stereocenters. The van der Waals surface area contributed by atoms with Crippen molar-refractivity contribution >= 4 is 21.8 Å². The Hall–Kier alpha value is -2.23. The predicted octanol–water partition coefficient (Wildman–Crippen LogP) is 3.38. The van der Waals surface area contributed by atoms with E-state index in [1.807, 2.05) is 44.2 Å². The van der Waals surface area contributed by atoms with Crippen LogP contribution in [0.5, 0.6) is 0 Å². The fourth-order valence-corrected chi connectivity index (χ4v) is 4.73. The summed E-state index contributed by atoms with van der Waals surface area (Å²) in [7, 11) is -3.49. The fraction of sp³-hybridized carbons (Fsp3) is 0.316. The second kappa shape index (κ2) is 9.31. The van der Waals surface area contributed by atoms with Gasteiger partial charge in [-0.15, -0.1) is 10.2 Å². The minimum Gasteiger partial charge on any atom is -0.424 e. The lowest BCUT2D eigenvalue weighted by Crippen LogP contribution is -2.30. The largest absolute Gasteiger partial charge is 0.424 e. The van der Waals surface area contributed by atoms with E-state index in [-0.39, 0.29) is 4.90 Å². The number of thioether (sulfide) groups is 1. The molecule has 148 valence electrons. The van der Waals surface area contributed by atoms with Gasteiger partial charge in [0.25, 0.3) is 0 Å². The fourth-order valence-electron chi connectivity index (χ4n) is 2.64. The van der Waals surface area contributed by atoms with Gasteiger partial charge in [0.15, 0.2) is 0 Å². The highest BCUT2D eigenvalue weighted by molar-refractivity contribution is 7.98. The van der Waals surface area contributed by atoms with E-state index in [0.717, 1.165) is 5.56 Å². The Balaban J connectivity index is 1.60. The Kier molecular flexibility index (Phi) is 6.82. The van der Waals surface area contributed by atoms with Crippen LogP contribution in [0.15, 0.2) is 63.0 Å². The van der Waals surface area contributed by atoms with Crippen molar-refractivity contribution in [2.75, 3.05) is 13.1 Å². The van der Waals surface area contributed by atoms with E-state index in [1.165, 1.54) is 22.3 Å². The van der Waals surface area contributed by atoms with Gasteiger partial charge in [-0.2, -0.15) is 4.31 Å². The molecule has 28 heavy (non-hydrogen) atoms. The maximum Gasteiger partial charge on any atom is 0.244 e. The molecule has 3 aromatic rings. The average Bonchev–Trinajstić information content (AvgIpc) is 3.15. The molecule has 0 aliphatic rings. The highest BCUT2D eigenvalue weighted by Crippen LogP contribution is 2.23. The van der Waals surface area contributed by atoms with E-state index in [0.29, 0.717) is 42.1 Å². The maximum absolute atomic E-state index is 12.5. The Labute approximate surface area is 169 Å². The summed E-state index contributed by atoms with van der Waals surface area (Å²) in [6, 6.07) is 13.2. The van der Waals surface area contributed by atoms with E-state index in [9.17, 15) is 8.42 Å². The van der Waals surface area contributed by atoms with Crippen LogP contribution < -0.4 is 0 Å². The van der Waals surface area contributed by atoms with Crippen molar-refractivity contribution in [1.82, 2.24) is 19.5 Å². The van der Waals surface area contributed by atoms with Crippen LogP contribution >= 0.6 is 11.8 Å². The molecular weight excluding hydrogens is 396 g/mol. The zero-order chi connectivity index (χ0) is 20.0. The lowest BCUT2D eigenvalue weighted by molar-refractivity contribution is 0.445. The average molecular weight is 419 g/mol. The third-order valence-electron chi connectivity index (χ3n) is 4.10. The number of nitrogens with zero attached hydrogens (tertiary/aromatic N) is 4. The topological polar surface area (TPSA) is 89.2 Å². The molecule has 0 unspecified atom stereocenters. The zero-order valence-corrected chi connectivity index (χ0v) is 17.4. The number of benzene rings is 1. The van der Waals surface area contributed by atoms with Crippen molar-refractivity contribution in [3.63, 3.8) is 0 Å². The first-order valence-electron chi connectivity index (χ1n) is 8.97. The molecule has 0 spiro atoms. The van der Waals surface area contributed by atoms with Gasteiger partial charge in [-0.1, -0.05) is 55.9 Å². The minimum absolute atomic E-state index is 0.198. The first-order chi connectivity index (χ1) is 13.5. The Morgan fingerprint density at radius 1 is 1.00 bits per heavy atom. The minimum atomic E-state index is -3.49. The van der Waals surface area contributed by atoms with Crippen molar-refractivity contribution in [3.05, 3.63) is 66.0 Å². The second-order valence-electron chi connectivity index (χ2n) is 5.96. The molecule has 3 rings (SSSR count). The molecule has 1 aromatic carbocycles. The van der Waals surface area contributed by atoms with E-state index in [1.54, 1.807) is 12.1 Å². The zero-order valence-electron chi connectivity index (χ0n) is 15.8. The number of hydrogen-bond acceptors (Lipinski definition) is 7. The second-order valence-corrected chi connectivity index (χ2v) is 8.90. The van der Waals surface area contributed by atoms with E-state index < -0.39 is 10.0 Å². The first kappa shape index (κ1) is 20.5. The van der Waals surface area contributed by atoms with E-state index in [4.69, 9.17) is 4.42 Å². The standard InChI is InChI=1S/C19H22N4O3S2/c1-3-23(4-2)28(24,25)16-10-11-19(20-13-16)27-14-18-22-21-17(26-18)12-15-8-6-5-7-9-15/h5-11,13H,3-4,12,14H2,1-2H3. The number of aromatic nitrogens is 3. The molecule has 7 nitrogen and oxygen atoms in total. The van der Waals surface area contributed by atoms with Crippen LogP contribution in [0.4, 0.5) is 0 Å². The van der Waals surface area contributed by atoms with Crippen LogP contribution in [-0.4, -0.2) is 41.0 Å². The van der Waals surface area contributed by atoms with Crippen LogP contribution in [0.2, 0.25) is 0 Å². The first-order valence-corrected chi connectivity index (χ1v) is 11.4. The Morgan fingerprint density at radius 2 is 1.71 bits per heavy atom. The molecule has 0 aliphatic carbocycles. The van der Waals surface area contributed by atoms with Gasteiger partial charge >= 0.3 is 0 Å². The molecular formula is C19H22N4O3S2. The van der Waals surface area contributed by atoms with Crippen molar-refractivity contribution in [3.8, 4) is 0 Å². The summed E-state index contributed by atoms with van der Waals surface area (Å²) in [5, 5.41) is 8.83. The quantitative estimate of drug-likeness (QED) is 0.492. The third-order valence-corrected chi connectivity index (χ3v) is 7.06. The van der Waals surface area contributed by atoms with Gasteiger partial charge in [0, 0.05) is 19.3 Å². The molecule has 0 amide bonds. The van der Waals surface area contributed by atoms with Crippen molar-refractivity contribution in [2.24, 2.45) is 0 Å². The summed E-state index contributed by atoms with van der Waals surface area (Å²) >= 11 is 1.42. The molecule has 0 saturated heterocycles. The Morgan fingerprint density at radius 3 is 2.36 bits per heavy atom. The molecule has 0 radical (unpaired) electrons. The van der Waals surface area contributed by atoms with Crippen molar-refractivity contribution in [1.29, 1.82) is 0 Å². The lowest BCUT2D eigenvalue weighted by atomic mass is 10.2. The summed E-state index contributed by atoms with van der Waals surface area (Å²) in [5.41, 5.74) is 1.11. The molecule has 0 bridgehead atoms. The summed E-state index contributed by atoms with van der Waals surface area (Å²) in [6.07, 6.45) is 1.99. The normalized spacial score (nSPS) is 11.8. The Bertz CT molecular complexity index is 986. The van der Waals surface area contributed by atoms with Gasteiger partial charge in [-0.25, -0.2) is 13.4 Å². The third kappa shape index (κ3) is 4.98. The highest BCUT2D eigenvalue weighted by Gasteiger charge is 2.21. The molecule has 2 aromatic heterocycles. The predicted molar refractivity (Wildman–Crippen MR) is 107 cm³/mol. The summed E-state index contributed by atoms with van der Waals surface area (Å²) < 4.78 is 32.0. The smallest absolute Gasteiger partial charge is 0.244 e. The molecule has 2 heterocycles. The van der Waals surface area contributed by atoms with Crippen molar-refractivity contribution in [2.45, 2.75) is 35.9 Å². The van der Waals surface area contributed by atoms with Crippen LogP contribution in [0.3, 0.4) is 0 Å². The van der Waals surface area contributed by atoms with Crippen molar-refractivity contribution < 1.29 is 12.8 Å². The lowest BCUT2D eigenvalue weighted by Gasteiger charge is -2.18. The molecule has 0 N–H and O–H groups in total. The van der Waals surface area contributed by atoms with Gasteiger partial charge < -0.3 is 4.42 Å². The van der Waals surface area contributed by atoms with Gasteiger partial charge in [-0.05, 0) is 17.7 Å². The summed E-state index contributed by atoms with van der Waals surface area (Å²) in [6.45, 7) is 4.49. The molecule has 0 fully saturated rings. The van der Waals surface area contributed by atoms with Crippen LogP contribution in [0, 0.1) is 0 Å². The van der Waals surface area contributed by atoms with E-state index >= 15 is 0 Å². The van der Waals surface area contributed by atoms with Crippen LogP contribution in [0.25, 0.3) is 0 Å². The monoisotopic (exact) mass is 418 g/mol. The molecule has 0 aliphatic heterocycles. The van der Waals surface area contributed by atoms with Gasteiger partial charge in [0.1, 0.15) is 4.90 Å². The maximum atomic E-state index is 12.5.